The van der Waals surface area contributed by atoms with Crippen LogP contribution in [0.2, 0.25) is 0 Å². The summed E-state index contributed by atoms with van der Waals surface area (Å²) in [7, 11) is -0.0451. The molecule has 0 amide bonds. The topological polar surface area (TPSA) is 98.7 Å². The normalized spacial score (nSPS) is 11.6. The van der Waals surface area contributed by atoms with Gasteiger partial charge in [0.2, 0.25) is 10.0 Å². The van der Waals surface area contributed by atoms with Crippen LogP contribution in [-0.4, -0.2) is 40.9 Å². The van der Waals surface area contributed by atoms with Crippen LogP contribution in [0.5, 0.6) is 0 Å². The summed E-state index contributed by atoms with van der Waals surface area (Å²) in [4.78, 5) is 2.17. The zero-order valence-electron chi connectivity index (χ0n) is 16.0. The maximum Gasteiger partial charge on any atom is 0.238 e. The molecular formula is C20H23N3O4S. The van der Waals surface area contributed by atoms with Crippen molar-refractivity contribution < 1.29 is 17.7 Å². The van der Waals surface area contributed by atoms with E-state index < -0.39 is 10.0 Å². The summed E-state index contributed by atoms with van der Waals surface area (Å²) in [6.07, 6.45) is 0. The van der Waals surface area contributed by atoms with Crippen LogP contribution in [0.15, 0.2) is 57.9 Å². The van der Waals surface area contributed by atoms with Gasteiger partial charge in [-0.2, -0.15) is 0 Å². The number of aryl methyl sites for hydroxylation is 1. The number of benzene rings is 2. The first kappa shape index (κ1) is 20.1. The van der Waals surface area contributed by atoms with Crippen molar-refractivity contribution >= 4 is 15.7 Å². The Morgan fingerprint density at radius 1 is 1.07 bits per heavy atom. The van der Waals surface area contributed by atoms with E-state index in [2.05, 4.69) is 10.1 Å². The third-order valence-corrected chi connectivity index (χ3v) is 5.48. The molecule has 28 heavy (non-hydrogen) atoms. The number of nitrogens with two attached hydrogens (primary N) is 1. The molecule has 0 bridgehead atoms. The van der Waals surface area contributed by atoms with Gasteiger partial charge in [-0.25, -0.2) is 13.6 Å². The number of hydrogen-bond donors (Lipinski definition) is 1. The molecule has 3 rings (SSSR count). The van der Waals surface area contributed by atoms with Gasteiger partial charge in [-0.3, -0.25) is 0 Å². The second-order valence-electron chi connectivity index (χ2n) is 6.49. The smallest absolute Gasteiger partial charge is 0.238 e. The number of sulfonamides is 1. The molecule has 0 spiro atoms. The minimum absolute atomic E-state index is 0.0651. The lowest BCUT2D eigenvalue weighted by atomic mass is 9.99. The molecule has 7 nitrogen and oxygen atoms in total. The van der Waals surface area contributed by atoms with E-state index in [0.717, 1.165) is 28.9 Å². The molecule has 0 saturated carbocycles. The molecule has 8 heteroatoms. The lowest BCUT2D eigenvalue weighted by Crippen LogP contribution is -2.21. The van der Waals surface area contributed by atoms with Crippen LogP contribution in [0.25, 0.3) is 22.4 Å². The molecule has 0 aliphatic heterocycles. The molecule has 148 valence electrons. The number of ether oxygens (including phenoxy) is 1. The van der Waals surface area contributed by atoms with Crippen LogP contribution in [-0.2, 0) is 14.8 Å². The van der Waals surface area contributed by atoms with Gasteiger partial charge in [0.1, 0.15) is 11.5 Å². The van der Waals surface area contributed by atoms with Gasteiger partial charge in [-0.05, 0) is 36.8 Å². The SMILES string of the molecule is COCCN(C)c1ccc(-c2noc(C)c2-c2ccc(S(N)(=O)=O)cc2)cc1. The Bertz CT molecular complexity index is 1040. The van der Waals surface area contributed by atoms with Crippen molar-refractivity contribution in [3.63, 3.8) is 0 Å². The fraction of sp³-hybridized carbons (Fsp3) is 0.250. The van der Waals surface area contributed by atoms with Gasteiger partial charge in [-0.15, -0.1) is 0 Å². The maximum absolute atomic E-state index is 11.5. The summed E-state index contributed by atoms with van der Waals surface area (Å²) >= 11 is 0. The zero-order valence-corrected chi connectivity index (χ0v) is 16.9. The van der Waals surface area contributed by atoms with Crippen LogP contribution in [0, 0.1) is 6.92 Å². The van der Waals surface area contributed by atoms with Crippen molar-refractivity contribution in [1.82, 2.24) is 5.16 Å². The zero-order chi connectivity index (χ0) is 20.3. The van der Waals surface area contributed by atoms with E-state index in [0.29, 0.717) is 18.1 Å². The van der Waals surface area contributed by atoms with Crippen LogP contribution in [0.1, 0.15) is 5.76 Å². The van der Waals surface area contributed by atoms with E-state index in [1.807, 2.05) is 38.2 Å². The average molecular weight is 401 g/mol. The quantitative estimate of drug-likeness (QED) is 0.653. The molecule has 1 aromatic heterocycles. The third-order valence-electron chi connectivity index (χ3n) is 4.55. The Kier molecular flexibility index (Phi) is 5.83. The van der Waals surface area contributed by atoms with Gasteiger partial charge in [0, 0.05) is 32.0 Å². The minimum Gasteiger partial charge on any atom is -0.383 e. The average Bonchev–Trinajstić information content (AvgIpc) is 3.07. The molecule has 0 atom stereocenters. The number of aromatic nitrogens is 1. The minimum atomic E-state index is -3.73. The van der Waals surface area contributed by atoms with Gasteiger partial charge in [0.05, 0.1) is 17.1 Å². The van der Waals surface area contributed by atoms with Crippen molar-refractivity contribution in [2.24, 2.45) is 5.14 Å². The Morgan fingerprint density at radius 2 is 1.68 bits per heavy atom. The van der Waals surface area contributed by atoms with Gasteiger partial charge >= 0.3 is 0 Å². The van der Waals surface area contributed by atoms with E-state index in [-0.39, 0.29) is 4.90 Å². The predicted molar refractivity (Wildman–Crippen MR) is 109 cm³/mol. The van der Waals surface area contributed by atoms with Crippen molar-refractivity contribution in [1.29, 1.82) is 0 Å². The largest absolute Gasteiger partial charge is 0.383 e. The highest BCUT2D eigenvalue weighted by molar-refractivity contribution is 7.89. The summed E-state index contributed by atoms with van der Waals surface area (Å²) in [5, 5.41) is 9.38. The summed E-state index contributed by atoms with van der Waals surface area (Å²) in [5.41, 5.74) is 4.31. The second-order valence-corrected chi connectivity index (χ2v) is 8.05. The van der Waals surface area contributed by atoms with E-state index in [9.17, 15) is 8.42 Å². The number of likely N-dealkylation sites (N-methyl/N-ethyl adjacent to an activating group) is 1. The first-order valence-corrected chi connectivity index (χ1v) is 10.3. The van der Waals surface area contributed by atoms with Crippen molar-refractivity contribution in [3.05, 3.63) is 54.3 Å². The molecule has 0 aliphatic rings. The Balaban J connectivity index is 1.93. The number of nitrogens with zero attached hydrogens (tertiary/aromatic N) is 2. The molecule has 1 heterocycles. The van der Waals surface area contributed by atoms with Gasteiger partial charge in [0.25, 0.3) is 0 Å². The molecule has 0 radical (unpaired) electrons. The molecule has 0 unspecified atom stereocenters. The van der Waals surface area contributed by atoms with E-state index in [1.54, 1.807) is 19.2 Å². The summed E-state index contributed by atoms with van der Waals surface area (Å²) in [6.45, 7) is 3.27. The van der Waals surface area contributed by atoms with Crippen LogP contribution in [0.3, 0.4) is 0 Å². The molecule has 0 fully saturated rings. The van der Waals surface area contributed by atoms with Crippen molar-refractivity contribution in [2.75, 3.05) is 32.2 Å². The summed E-state index contributed by atoms with van der Waals surface area (Å²) in [5.74, 6) is 0.652. The number of anilines is 1. The van der Waals surface area contributed by atoms with Crippen LogP contribution in [0.4, 0.5) is 5.69 Å². The predicted octanol–water partition coefficient (Wildman–Crippen LogP) is 3.05. The Hall–Kier alpha value is -2.68. The molecule has 3 aromatic rings. The highest BCUT2D eigenvalue weighted by atomic mass is 32.2. The lowest BCUT2D eigenvalue weighted by molar-refractivity contribution is 0.206. The van der Waals surface area contributed by atoms with Crippen LogP contribution < -0.4 is 10.0 Å². The van der Waals surface area contributed by atoms with Crippen molar-refractivity contribution in [2.45, 2.75) is 11.8 Å². The number of hydrogen-bond acceptors (Lipinski definition) is 6. The van der Waals surface area contributed by atoms with E-state index in [4.69, 9.17) is 14.4 Å². The van der Waals surface area contributed by atoms with Gasteiger partial charge in [0.15, 0.2) is 0 Å². The number of methoxy groups -OCH3 is 1. The van der Waals surface area contributed by atoms with E-state index >= 15 is 0 Å². The van der Waals surface area contributed by atoms with Crippen LogP contribution >= 0.6 is 0 Å². The fourth-order valence-corrected chi connectivity index (χ4v) is 3.47. The second kappa shape index (κ2) is 8.14. The standard InChI is InChI=1S/C20H23N3O4S/c1-14-19(15-6-10-18(11-7-15)28(21,24)25)20(22-27-14)16-4-8-17(9-5-16)23(2)12-13-26-3/h4-11H,12-13H2,1-3H3,(H2,21,24,25). The first-order valence-electron chi connectivity index (χ1n) is 8.71. The highest BCUT2D eigenvalue weighted by Crippen LogP contribution is 2.35. The highest BCUT2D eigenvalue weighted by Gasteiger charge is 2.18. The lowest BCUT2D eigenvalue weighted by Gasteiger charge is -2.18. The van der Waals surface area contributed by atoms with Crippen molar-refractivity contribution in [3.8, 4) is 22.4 Å². The van der Waals surface area contributed by atoms with E-state index in [1.165, 1.54) is 12.1 Å². The monoisotopic (exact) mass is 401 g/mol. The molecule has 0 aliphatic carbocycles. The molecule has 0 saturated heterocycles. The van der Waals surface area contributed by atoms with Gasteiger partial charge in [-0.1, -0.05) is 29.4 Å². The summed E-state index contributed by atoms with van der Waals surface area (Å²) in [6, 6.07) is 14.4. The molecule has 2 N–H and O–H groups in total. The Labute approximate surface area is 164 Å². The third kappa shape index (κ3) is 4.24. The molecule has 2 aromatic carbocycles. The van der Waals surface area contributed by atoms with Gasteiger partial charge < -0.3 is 14.2 Å². The maximum atomic E-state index is 11.5. The Morgan fingerprint density at radius 3 is 2.25 bits per heavy atom. The summed E-state index contributed by atoms with van der Waals surface area (Å²) < 4.78 is 33.5. The molecular weight excluding hydrogens is 378 g/mol. The fourth-order valence-electron chi connectivity index (χ4n) is 2.95. The number of rotatable bonds is 7. The first-order chi connectivity index (χ1) is 13.3. The number of primary sulfonamides is 1.